The number of esters is 1. The molecule has 17 heavy (non-hydrogen) atoms. The fourth-order valence-electron chi connectivity index (χ4n) is 1.34. The SMILES string of the molecule is CCCCCCOC(=O)C(O)c1cccs1.Cl. The van der Waals surface area contributed by atoms with Gasteiger partial charge in [0.1, 0.15) is 0 Å². The number of carbonyl (C=O) groups is 1. The van der Waals surface area contributed by atoms with E-state index in [0.717, 1.165) is 25.7 Å². The average molecular weight is 279 g/mol. The number of ether oxygens (including phenoxy) is 1. The summed E-state index contributed by atoms with van der Waals surface area (Å²) in [4.78, 5) is 12.0. The maximum Gasteiger partial charge on any atom is 0.340 e. The van der Waals surface area contributed by atoms with Crippen molar-refractivity contribution in [3.05, 3.63) is 22.4 Å². The molecule has 0 aliphatic rings. The van der Waals surface area contributed by atoms with Crippen LogP contribution in [0.15, 0.2) is 17.5 Å². The van der Waals surface area contributed by atoms with Crippen molar-refractivity contribution in [2.24, 2.45) is 0 Å². The highest BCUT2D eigenvalue weighted by atomic mass is 35.5. The number of unbranched alkanes of at least 4 members (excludes halogenated alkanes) is 3. The van der Waals surface area contributed by atoms with E-state index in [0.29, 0.717) is 11.5 Å². The average Bonchev–Trinajstić information content (AvgIpc) is 2.81. The maximum atomic E-state index is 11.4. The first-order chi connectivity index (χ1) is 7.75. The predicted octanol–water partition coefficient (Wildman–Crippen LogP) is 3.33. The molecule has 0 saturated heterocycles. The molecular weight excluding hydrogens is 260 g/mol. The van der Waals surface area contributed by atoms with Gasteiger partial charge in [-0.05, 0) is 17.9 Å². The second kappa shape index (κ2) is 9.45. The zero-order valence-electron chi connectivity index (χ0n) is 9.93. The first-order valence-electron chi connectivity index (χ1n) is 5.63. The van der Waals surface area contributed by atoms with Crippen LogP contribution >= 0.6 is 23.7 Å². The summed E-state index contributed by atoms with van der Waals surface area (Å²) < 4.78 is 4.99. The monoisotopic (exact) mass is 278 g/mol. The van der Waals surface area contributed by atoms with E-state index in [4.69, 9.17) is 4.74 Å². The van der Waals surface area contributed by atoms with E-state index in [2.05, 4.69) is 6.92 Å². The second-order valence-electron chi connectivity index (χ2n) is 3.65. The van der Waals surface area contributed by atoms with Crippen LogP contribution in [0, 0.1) is 0 Å². The molecule has 1 heterocycles. The van der Waals surface area contributed by atoms with E-state index in [1.54, 1.807) is 12.1 Å². The van der Waals surface area contributed by atoms with Gasteiger partial charge in [0.15, 0.2) is 6.10 Å². The van der Waals surface area contributed by atoms with Gasteiger partial charge in [-0.25, -0.2) is 4.79 Å². The topological polar surface area (TPSA) is 46.5 Å². The Bertz CT molecular complexity index is 301. The van der Waals surface area contributed by atoms with Crippen molar-refractivity contribution >= 4 is 29.7 Å². The van der Waals surface area contributed by atoms with Crippen LogP contribution in [0.3, 0.4) is 0 Å². The van der Waals surface area contributed by atoms with E-state index in [1.165, 1.54) is 11.3 Å². The number of halogens is 1. The van der Waals surface area contributed by atoms with E-state index < -0.39 is 12.1 Å². The Morgan fingerprint density at radius 2 is 2.24 bits per heavy atom. The van der Waals surface area contributed by atoms with E-state index in [9.17, 15) is 9.90 Å². The van der Waals surface area contributed by atoms with Gasteiger partial charge in [-0.3, -0.25) is 0 Å². The standard InChI is InChI=1S/C12H18O3S.ClH/c1-2-3-4-5-8-15-12(14)11(13)10-7-6-9-16-10;/h6-7,9,11,13H,2-5,8H2,1H3;1H. The molecule has 3 nitrogen and oxygen atoms in total. The number of hydrogen-bond acceptors (Lipinski definition) is 4. The third-order valence-corrected chi connectivity index (χ3v) is 3.20. The Morgan fingerprint density at radius 1 is 1.47 bits per heavy atom. The lowest BCUT2D eigenvalue weighted by Crippen LogP contribution is -2.15. The highest BCUT2D eigenvalue weighted by Gasteiger charge is 2.19. The van der Waals surface area contributed by atoms with Crippen LogP contribution in [0.4, 0.5) is 0 Å². The summed E-state index contributed by atoms with van der Waals surface area (Å²) >= 11 is 1.36. The molecule has 98 valence electrons. The van der Waals surface area contributed by atoms with Gasteiger partial charge in [-0.1, -0.05) is 32.3 Å². The highest BCUT2D eigenvalue weighted by molar-refractivity contribution is 7.10. The lowest BCUT2D eigenvalue weighted by Gasteiger charge is -2.08. The fourth-order valence-corrected chi connectivity index (χ4v) is 2.04. The summed E-state index contributed by atoms with van der Waals surface area (Å²) in [5.41, 5.74) is 0. The molecule has 0 saturated carbocycles. The molecule has 1 N–H and O–H groups in total. The number of hydrogen-bond donors (Lipinski definition) is 1. The molecule has 1 aromatic heterocycles. The van der Waals surface area contributed by atoms with Gasteiger partial charge in [-0.2, -0.15) is 0 Å². The smallest absolute Gasteiger partial charge is 0.340 e. The fraction of sp³-hybridized carbons (Fsp3) is 0.583. The molecule has 0 aliphatic carbocycles. The lowest BCUT2D eigenvalue weighted by molar-refractivity contribution is -0.153. The third kappa shape index (κ3) is 6.05. The van der Waals surface area contributed by atoms with Gasteiger partial charge < -0.3 is 9.84 Å². The molecule has 0 aromatic carbocycles. The quantitative estimate of drug-likeness (QED) is 0.615. The molecular formula is C12H19ClO3S. The molecule has 1 aromatic rings. The van der Waals surface area contributed by atoms with Crippen LogP contribution < -0.4 is 0 Å². The van der Waals surface area contributed by atoms with Crippen molar-refractivity contribution < 1.29 is 14.6 Å². The second-order valence-corrected chi connectivity index (χ2v) is 4.63. The van der Waals surface area contributed by atoms with Crippen LogP contribution in [-0.4, -0.2) is 17.7 Å². The molecule has 0 fully saturated rings. The van der Waals surface area contributed by atoms with Crippen LogP contribution in [0.25, 0.3) is 0 Å². The van der Waals surface area contributed by atoms with E-state index >= 15 is 0 Å². The Balaban J connectivity index is 0.00000256. The molecule has 1 atom stereocenters. The van der Waals surface area contributed by atoms with Gasteiger partial charge in [0.25, 0.3) is 0 Å². The summed E-state index contributed by atoms with van der Waals surface area (Å²) in [5.74, 6) is -0.543. The summed E-state index contributed by atoms with van der Waals surface area (Å²) in [5, 5.41) is 11.4. The number of thiophene rings is 1. The zero-order valence-corrected chi connectivity index (χ0v) is 11.6. The number of aliphatic hydroxyl groups excluding tert-OH is 1. The van der Waals surface area contributed by atoms with Crippen molar-refractivity contribution in [3.63, 3.8) is 0 Å². The maximum absolute atomic E-state index is 11.4. The molecule has 0 bridgehead atoms. The van der Waals surface area contributed by atoms with E-state index in [1.807, 2.05) is 5.38 Å². The van der Waals surface area contributed by atoms with Crippen molar-refractivity contribution in [2.45, 2.75) is 38.7 Å². The van der Waals surface area contributed by atoms with Gasteiger partial charge in [0, 0.05) is 4.88 Å². The highest BCUT2D eigenvalue weighted by Crippen LogP contribution is 2.19. The Labute approximate surface area is 112 Å². The molecule has 0 radical (unpaired) electrons. The minimum atomic E-state index is -1.12. The summed E-state index contributed by atoms with van der Waals surface area (Å²) in [6.45, 7) is 2.54. The summed E-state index contributed by atoms with van der Waals surface area (Å²) in [6, 6.07) is 3.53. The van der Waals surface area contributed by atoms with Crippen molar-refractivity contribution in [2.75, 3.05) is 6.61 Å². The van der Waals surface area contributed by atoms with Gasteiger partial charge >= 0.3 is 5.97 Å². The number of aliphatic hydroxyl groups is 1. The largest absolute Gasteiger partial charge is 0.463 e. The van der Waals surface area contributed by atoms with Gasteiger partial charge in [-0.15, -0.1) is 23.7 Å². The molecule has 0 amide bonds. The summed E-state index contributed by atoms with van der Waals surface area (Å²) in [7, 11) is 0. The van der Waals surface area contributed by atoms with Gasteiger partial charge in [0.05, 0.1) is 6.61 Å². The summed E-state index contributed by atoms with van der Waals surface area (Å²) in [6.07, 6.45) is 3.14. The Hall–Kier alpha value is -0.580. The molecule has 0 spiro atoms. The third-order valence-electron chi connectivity index (χ3n) is 2.28. The number of carbonyl (C=O) groups excluding carboxylic acids is 1. The number of rotatable bonds is 7. The van der Waals surface area contributed by atoms with Crippen LogP contribution in [0.1, 0.15) is 43.6 Å². The van der Waals surface area contributed by atoms with Crippen molar-refractivity contribution in [3.8, 4) is 0 Å². The molecule has 1 rings (SSSR count). The van der Waals surface area contributed by atoms with Crippen LogP contribution in [0.5, 0.6) is 0 Å². The molecule has 1 unspecified atom stereocenters. The van der Waals surface area contributed by atoms with Crippen LogP contribution in [0.2, 0.25) is 0 Å². The predicted molar refractivity (Wildman–Crippen MR) is 71.6 cm³/mol. The van der Waals surface area contributed by atoms with Crippen molar-refractivity contribution in [1.29, 1.82) is 0 Å². The minimum Gasteiger partial charge on any atom is -0.463 e. The van der Waals surface area contributed by atoms with Gasteiger partial charge in [0.2, 0.25) is 0 Å². The van der Waals surface area contributed by atoms with E-state index in [-0.39, 0.29) is 12.4 Å². The Morgan fingerprint density at radius 3 is 2.82 bits per heavy atom. The Kier molecular flexibility index (Phi) is 9.13. The molecule has 0 aliphatic heterocycles. The lowest BCUT2D eigenvalue weighted by atomic mass is 10.2. The molecule has 5 heteroatoms. The first kappa shape index (κ1) is 16.4. The normalized spacial score (nSPS) is 11.6. The zero-order chi connectivity index (χ0) is 11.8. The first-order valence-corrected chi connectivity index (χ1v) is 6.51. The van der Waals surface area contributed by atoms with Crippen LogP contribution in [-0.2, 0) is 9.53 Å². The minimum absolute atomic E-state index is 0. The van der Waals surface area contributed by atoms with Crippen molar-refractivity contribution in [1.82, 2.24) is 0 Å².